The van der Waals surface area contributed by atoms with Crippen LogP contribution < -0.4 is 10.1 Å². The number of para-hydroxylation sites is 1. The molecule has 1 aliphatic heterocycles. The average molecular weight is 262 g/mol. The fraction of sp³-hybridized carbons (Fsp3) is 0.429. The Bertz CT molecular complexity index is 471. The number of carbonyl (C=O) groups is 2. The van der Waals surface area contributed by atoms with Gasteiger partial charge >= 0.3 is 0 Å². The maximum Gasteiger partial charge on any atom is 0.249 e. The molecule has 1 aromatic rings. The van der Waals surface area contributed by atoms with Gasteiger partial charge in [0.05, 0.1) is 18.6 Å². The number of carbonyl (C=O) groups excluding carboxylic acids is 2. The lowest BCUT2D eigenvalue weighted by Crippen LogP contribution is -2.64. The molecule has 5 nitrogen and oxygen atoms in total. The van der Waals surface area contributed by atoms with E-state index in [1.165, 1.54) is 4.90 Å². The average Bonchev–Trinajstić information content (AvgIpc) is 2.40. The van der Waals surface area contributed by atoms with E-state index in [1.54, 1.807) is 13.8 Å². The molecule has 1 fully saturated rings. The van der Waals surface area contributed by atoms with E-state index in [2.05, 4.69) is 5.32 Å². The first-order valence-electron chi connectivity index (χ1n) is 6.28. The summed E-state index contributed by atoms with van der Waals surface area (Å²) in [6, 6.07) is 9.33. The first-order valence-corrected chi connectivity index (χ1v) is 6.28. The number of rotatable bonds is 4. The molecule has 0 radical (unpaired) electrons. The van der Waals surface area contributed by atoms with Crippen LogP contribution in [0.3, 0.4) is 0 Å². The number of amides is 2. The van der Waals surface area contributed by atoms with Crippen LogP contribution in [0.15, 0.2) is 30.3 Å². The van der Waals surface area contributed by atoms with Crippen molar-refractivity contribution in [2.45, 2.75) is 19.4 Å². The molecule has 5 heteroatoms. The van der Waals surface area contributed by atoms with Gasteiger partial charge in [0.1, 0.15) is 12.4 Å². The van der Waals surface area contributed by atoms with Gasteiger partial charge in [-0.15, -0.1) is 0 Å². The van der Waals surface area contributed by atoms with Crippen molar-refractivity contribution in [2.24, 2.45) is 0 Å². The fourth-order valence-electron chi connectivity index (χ4n) is 1.92. The van der Waals surface area contributed by atoms with Crippen molar-refractivity contribution in [3.05, 3.63) is 30.3 Å². The molecule has 0 aliphatic carbocycles. The molecule has 2 amide bonds. The second-order valence-electron chi connectivity index (χ2n) is 4.99. The molecule has 1 aromatic carbocycles. The van der Waals surface area contributed by atoms with Crippen molar-refractivity contribution in [1.29, 1.82) is 0 Å². The first kappa shape index (κ1) is 13.5. The van der Waals surface area contributed by atoms with Crippen molar-refractivity contribution < 1.29 is 14.3 Å². The van der Waals surface area contributed by atoms with Crippen LogP contribution in [0.2, 0.25) is 0 Å². The first-order chi connectivity index (χ1) is 9.00. The minimum atomic E-state index is -0.694. The third-order valence-electron chi connectivity index (χ3n) is 3.09. The summed E-state index contributed by atoms with van der Waals surface area (Å²) in [5.41, 5.74) is -0.694. The number of ether oxygens (including phenoxy) is 1. The van der Waals surface area contributed by atoms with Crippen LogP contribution >= 0.6 is 0 Å². The molecule has 0 bridgehead atoms. The van der Waals surface area contributed by atoms with Crippen molar-refractivity contribution >= 4 is 11.8 Å². The summed E-state index contributed by atoms with van der Waals surface area (Å²) in [6.07, 6.45) is 0. The summed E-state index contributed by atoms with van der Waals surface area (Å²) in [4.78, 5) is 25.1. The Morgan fingerprint density at radius 1 is 1.26 bits per heavy atom. The Morgan fingerprint density at radius 2 is 1.95 bits per heavy atom. The van der Waals surface area contributed by atoms with Gasteiger partial charge in [-0.05, 0) is 26.0 Å². The van der Waals surface area contributed by atoms with E-state index in [4.69, 9.17) is 4.74 Å². The number of hydrogen-bond donors (Lipinski definition) is 1. The summed E-state index contributed by atoms with van der Waals surface area (Å²) in [6.45, 7) is 4.30. The number of piperazine rings is 1. The molecule has 1 N–H and O–H groups in total. The molecular formula is C14H18N2O3. The van der Waals surface area contributed by atoms with Crippen molar-refractivity contribution in [3.63, 3.8) is 0 Å². The number of nitrogens with one attached hydrogen (secondary N) is 1. The molecule has 0 aromatic heterocycles. The zero-order valence-electron chi connectivity index (χ0n) is 11.2. The van der Waals surface area contributed by atoms with Gasteiger partial charge < -0.3 is 4.74 Å². The van der Waals surface area contributed by atoms with E-state index in [0.717, 1.165) is 5.75 Å². The van der Waals surface area contributed by atoms with E-state index >= 15 is 0 Å². The highest BCUT2D eigenvalue weighted by Gasteiger charge is 2.39. The molecule has 0 saturated carbocycles. The molecule has 19 heavy (non-hydrogen) atoms. The van der Waals surface area contributed by atoms with Crippen LogP contribution in [0, 0.1) is 0 Å². The van der Waals surface area contributed by atoms with Crippen molar-refractivity contribution in [2.75, 3.05) is 19.7 Å². The molecule has 1 aliphatic rings. The third kappa shape index (κ3) is 3.12. The van der Waals surface area contributed by atoms with Gasteiger partial charge in [0.15, 0.2) is 0 Å². The molecule has 102 valence electrons. The maximum atomic E-state index is 12.1. The predicted octanol–water partition coefficient (Wildman–Crippen LogP) is 0.802. The van der Waals surface area contributed by atoms with Gasteiger partial charge in [-0.2, -0.15) is 0 Å². The van der Waals surface area contributed by atoms with Gasteiger partial charge in [0.25, 0.3) is 0 Å². The summed E-state index contributed by atoms with van der Waals surface area (Å²) in [5.74, 6) is 0.318. The monoisotopic (exact) mass is 262 g/mol. The van der Waals surface area contributed by atoms with Crippen LogP contribution in [0.4, 0.5) is 0 Å². The predicted molar refractivity (Wildman–Crippen MR) is 70.7 cm³/mol. The Morgan fingerprint density at radius 3 is 2.63 bits per heavy atom. The Balaban J connectivity index is 1.91. The number of benzene rings is 1. The number of imide groups is 1. The SMILES string of the molecule is CC1(C)NCC(=O)N(CCOc2ccccc2)C1=O. The zero-order valence-corrected chi connectivity index (χ0v) is 11.2. The molecule has 0 spiro atoms. The summed E-state index contributed by atoms with van der Waals surface area (Å²) in [7, 11) is 0. The third-order valence-corrected chi connectivity index (χ3v) is 3.09. The second kappa shape index (κ2) is 5.40. The van der Waals surface area contributed by atoms with Crippen LogP contribution in [0.1, 0.15) is 13.8 Å². The largest absolute Gasteiger partial charge is 0.492 e. The van der Waals surface area contributed by atoms with E-state index in [0.29, 0.717) is 6.61 Å². The van der Waals surface area contributed by atoms with Gasteiger partial charge in [-0.3, -0.25) is 19.8 Å². The fourth-order valence-corrected chi connectivity index (χ4v) is 1.92. The lowest BCUT2D eigenvalue weighted by molar-refractivity contribution is -0.152. The van der Waals surface area contributed by atoms with Gasteiger partial charge in [-0.25, -0.2) is 0 Å². The van der Waals surface area contributed by atoms with E-state index in [1.807, 2.05) is 30.3 Å². The highest BCUT2D eigenvalue weighted by Crippen LogP contribution is 2.13. The van der Waals surface area contributed by atoms with E-state index in [9.17, 15) is 9.59 Å². The lowest BCUT2D eigenvalue weighted by atomic mass is 10.0. The van der Waals surface area contributed by atoms with Crippen LogP contribution in [0.5, 0.6) is 5.75 Å². The Kier molecular flexibility index (Phi) is 3.85. The minimum Gasteiger partial charge on any atom is -0.492 e. The zero-order chi connectivity index (χ0) is 13.9. The number of nitrogens with zero attached hydrogens (tertiary/aromatic N) is 1. The Hall–Kier alpha value is -1.88. The summed E-state index contributed by atoms with van der Waals surface area (Å²) < 4.78 is 5.51. The van der Waals surface area contributed by atoms with E-state index in [-0.39, 0.29) is 24.9 Å². The molecular weight excluding hydrogens is 244 g/mol. The topological polar surface area (TPSA) is 58.6 Å². The maximum absolute atomic E-state index is 12.1. The van der Waals surface area contributed by atoms with Gasteiger partial charge in [0.2, 0.25) is 11.8 Å². The summed E-state index contributed by atoms with van der Waals surface area (Å²) >= 11 is 0. The molecule has 0 atom stereocenters. The summed E-state index contributed by atoms with van der Waals surface area (Å²) in [5, 5.41) is 2.91. The van der Waals surface area contributed by atoms with E-state index < -0.39 is 5.54 Å². The molecule has 2 rings (SSSR count). The highest BCUT2D eigenvalue weighted by molar-refractivity contribution is 6.03. The minimum absolute atomic E-state index is 0.185. The van der Waals surface area contributed by atoms with Crippen LogP contribution in [0.25, 0.3) is 0 Å². The lowest BCUT2D eigenvalue weighted by Gasteiger charge is -2.36. The number of hydrogen-bond acceptors (Lipinski definition) is 4. The van der Waals surface area contributed by atoms with Crippen LogP contribution in [-0.4, -0.2) is 41.9 Å². The standard InChI is InChI=1S/C14H18N2O3/c1-14(2)13(18)16(12(17)10-15-14)8-9-19-11-6-4-3-5-7-11/h3-7,15H,8-10H2,1-2H3. The molecule has 1 saturated heterocycles. The van der Waals surface area contributed by atoms with Gasteiger partial charge in [-0.1, -0.05) is 18.2 Å². The normalized spacial score (nSPS) is 18.5. The molecule has 1 heterocycles. The van der Waals surface area contributed by atoms with Gasteiger partial charge in [0, 0.05) is 0 Å². The quantitative estimate of drug-likeness (QED) is 0.816. The van der Waals surface area contributed by atoms with Crippen molar-refractivity contribution in [3.8, 4) is 5.75 Å². The highest BCUT2D eigenvalue weighted by atomic mass is 16.5. The van der Waals surface area contributed by atoms with Crippen LogP contribution in [-0.2, 0) is 9.59 Å². The second-order valence-corrected chi connectivity index (χ2v) is 4.99. The molecule has 0 unspecified atom stereocenters. The van der Waals surface area contributed by atoms with Crippen molar-refractivity contribution in [1.82, 2.24) is 10.2 Å². The Labute approximate surface area is 112 Å². The smallest absolute Gasteiger partial charge is 0.249 e.